The molecule has 2 aliphatic carbocycles. The second kappa shape index (κ2) is 6.74. The maximum Gasteiger partial charge on any atom is 0.255 e. The number of carbonyl (C=O) groups is 3. The van der Waals surface area contributed by atoms with Crippen LogP contribution in [0.1, 0.15) is 29.6 Å². The van der Waals surface area contributed by atoms with E-state index in [9.17, 15) is 14.4 Å². The number of anilines is 2. The maximum atomic E-state index is 13.0. The minimum absolute atomic E-state index is 0.0683. The van der Waals surface area contributed by atoms with Crippen molar-refractivity contribution in [2.45, 2.75) is 19.3 Å². The summed E-state index contributed by atoms with van der Waals surface area (Å²) in [5.74, 6) is 0.0222. The Labute approximate surface area is 179 Å². The summed E-state index contributed by atoms with van der Waals surface area (Å²) in [5.41, 5.74) is 2.37. The van der Waals surface area contributed by atoms with Gasteiger partial charge >= 0.3 is 0 Å². The van der Waals surface area contributed by atoms with Crippen LogP contribution in [0.25, 0.3) is 10.9 Å². The summed E-state index contributed by atoms with van der Waals surface area (Å²) in [6.45, 7) is 0. The molecular formula is C25H21N3O3. The first-order chi connectivity index (χ1) is 15.1. The predicted molar refractivity (Wildman–Crippen MR) is 116 cm³/mol. The molecule has 3 fully saturated rings. The zero-order valence-electron chi connectivity index (χ0n) is 16.8. The molecule has 0 spiro atoms. The lowest BCUT2D eigenvalue weighted by molar-refractivity contribution is -0.123. The quantitative estimate of drug-likeness (QED) is 0.660. The molecule has 2 unspecified atom stereocenters. The van der Waals surface area contributed by atoms with Crippen LogP contribution in [0, 0.1) is 23.7 Å². The summed E-state index contributed by atoms with van der Waals surface area (Å²) in [4.78, 5) is 44.5. The zero-order valence-corrected chi connectivity index (χ0v) is 16.8. The van der Waals surface area contributed by atoms with Gasteiger partial charge in [0.25, 0.3) is 5.91 Å². The number of benzene rings is 2. The third-order valence-electron chi connectivity index (χ3n) is 7.20. The Morgan fingerprint density at radius 1 is 0.903 bits per heavy atom. The molecule has 3 amide bonds. The van der Waals surface area contributed by atoms with E-state index in [1.54, 1.807) is 30.5 Å². The third kappa shape index (κ3) is 2.71. The number of nitrogens with one attached hydrogen (secondary N) is 1. The van der Waals surface area contributed by atoms with Crippen LogP contribution in [0.5, 0.6) is 0 Å². The van der Waals surface area contributed by atoms with Crippen LogP contribution in [-0.4, -0.2) is 22.7 Å². The van der Waals surface area contributed by atoms with Crippen LogP contribution in [-0.2, 0) is 9.59 Å². The van der Waals surface area contributed by atoms with E-state index < -0.39 is 0 Å². The normalized spacial score (nSPS) is 26.5. The van der Waals surface area contributed by atoms with Crippen LogP contribution in [0.3, 0.4) is 0 Å². The number of hydrogen-bond acceptors (Lipinski definition) is 4. The van der Waals surface area contributed by atoms with Crippen molar-refractivity contribution in [2.75, 3.05) is 10.2 Å². The van der Waals surface area contributed by atoms with Crippen LogP contribution in [0.15, 0.2) is 60.8 Å². The lowest BCUT2D eigenvalue weighted by Crippen LogP contribution is -2.32. The van der Waals surface area contributed by atoms with Crippen molar-refractivity contribution in [2.24, 2.45) is 23.7 Å². The summed E-state index contributed by atoms with van der Waals surface area (Å²) >= 11 is 0. The predicted octanol–water partition coefficient (Wildman–Crippen LogP) is 4.02. The number of para-hydroxylation sites is 1. The molecule has 1 aromatic heterocycles. The highest BCUT2D eigenvalue weighted by atomic mass is 16.2. The van der Waals surface area contributed by atoms with Crippen molar-refractivity contribution in [3.63, 3.8) is 0 Å². The van der Waals surface area contributed by atoms with Gasteiger partial charge in [0.15, 0.2) is 0 Å². The molecule has 3 aromatic rings. The Kier molecular flexibility index (Phi) is 3.96. The number of hydrogen-bond donors (Lipinski definition) is 1. The molecule has 6 rings (SSSR count). The topological polar surface area (TPSA) is 79.4 Å². The molecule has 2 aromatic carbocycles. The second-order valence-corrected chi connectivity index (χ2v) is 8.78. The number of nitrogens with zero attached hydrogens (tertiary/aromatic N) is 2. The van der Waals surface area contributed by atoms with Gasteiger partial charge in [-0.05, 0) is 67.5 Å². The van der Waals surface area contributed by atoms with Gasteiger partial charge < -0.3 is 5.32 Å². The van der Waals surface area contributed by atoms with Gasteiger partial charge in [0, 0.05) is 17.1 Å². The molecule has 0 radical (unpaired) electrons. The van der Waals surface area contributed by atoms with Gasteiger partial charge in [-0.2, -0.15) is 0 Å². The van der Waals surface area contributed by atoms with Crippen LogP contribution in [0.2, 0.25) is 0 Å². The monoisotopic (exact) mass is 411 g/mol. The molecule has 6 nitrogen and oxygen atoms in total. The summed E-state index contributed by atoms with van der Waals surface area (Å²) in [7, 11) is 0. The van der Waals surface area contributed by atoms with E-state index >= 15 is 0 Å². The van der Waals surface area contributed by atoms with E-state index in [4.69, 9.17) is 0 Å². The number of rotatable bonds is 3. The number of amides is 3. The van der Waals surface area contributed by atoms with Gasteiger partial charge in [-0.25, -0.2) is 0 Å². The lowest BCUT2D eigenvalue weighted by atomic mass is 9.81. The number of carbonyl (C=O) groups excluding carboxylic acids is 3. The van der Waals surface area contributed by atoms with Crippen LogP contribution in [0.4, 0.5) is 11.4 Å². The minimum atomic E-state index is -0.265. The van der Waals surface area contributed by atoms with E-state index in [1.165, 1.54) is 4.90 Å². The molecule has 1 saturated heterocycles. The fraction of sp³-hybridized carbons (Fsp3) is 0.280. The summed E-state index contributed by atoms with van der Waals surface area (Å²) in [6.07, 6.45) is 4.82. The standard InChI is InChI=1S/C25H21N3O3/c29-23(27-19-5-1-3-14-4-2-12-26-22(14)19)15-8-10-18(11-9-15)28-24(30)20-16-6-7-17(13-16)21(20)25(28)31/h1-5,8-12,16-17,20-21H,6-7,13H2,(H,27,29)/t16?,17?,20-,21+. The molecule has 2 heterocycles. The van der Waals surface area contributed by atoms with Crippen LogP contribution >= 0.6 is 0 Å². The number of aromatic nitrogens is 1. The van der Waals surface area contributed by atoms with Gasteiger partial charge in [0.2, 0.25) is 11.8 Å². The molecule has 6 heteroatoms. The van der Waals surface area contributed by atoms with Crippen molar-refractivity contribution in [3.05, 3.63) is 66.4 Å². The summed E-state index contributed by atoms with van der Waals surface area (Å²) in [6, 6.07) is 16.1. The van der Waals surface area contributed by atoms with Gasteiger partial charge in [-0.15, -0.1) is 0 Å². The fourth-order valence-electron chi connectivity index (χ4n) is 5.82. The number of pyridine rings is 1. The molecule has 3 aliphatic rings. The highest BCUT2D eigenvalue weighted by Gasteiger charge is 2.61. The largest absolute Gasteiger partial charge is 0.320 e. The molecule has 4 atom stereocenters. The first-order valence-corrected chi connectivity index (χ1v) is 10.7. The van der Waals surface area contributed by atoms with E-state index in [-0.39, 0.29) is 29.6 Å². The Morgan fingerprint density at radius 3 is 2.29 bits per heavy atom. The Balaban J connectivity index is 1.24. The lowest BCUT2D eigenvalue weighted by Gasteiger charge is -2.19. The fourth-order valence-corrected chi connectivity index (χ4v) is 5.82. The molecule has 1 aliphatic heterocycles. The van der Waals surface area contributed by atoms with Crippen molar-refractivity contribution in [1.82, 2.24) is 4.98 Å². The Morgan fingerprint density at radius 2 is 1.58 bits per heavy atom. The summed E-state index contributed by atoms with van der Waals surface area (Å²) < 4.78 is 0. The van der Waals surface area contributed by atoms with Gasteiger partial charge in [-0.1, -0.05) is 18.2 Å². The maximum absolute atomic E-state index is 13.0. The van der Waals surface area contributed by atoms with Gasteiger partial charge in [-0.3, -0.25) is 24.3 Å². The molecule has 2 saturated carbocycles. The highest BCUT2D eigenvalue weighted by Crippen LogP contribution is 2.56. The summed E-state index contributed by atoms with van der Waals surface area (Å²) in [5, 5.41) is 3.86. The van der Waals surface area contributed by atoms with E-state index in [0.29, 0.717) is 28.8 Å². The molecule has 2 bridgehead atoms. The molecule has 1 N–H and O–H groups in total. The van der Waals surface area contributed by atoms with Gasteiger partial charge in [0.05, 0.1) is 28.7 Å². The van der Waals surface area contributed by atoms with Crippen molar-refractivity contribution in [1.29, 1.82) is 0 Å². The number of imide groups is 1. The zero-order chi connectivity index (χ0) is 21.1. The van der Waals surface area contributed by atoms with Crippen molar-refractivity contribution in [3.8, 4) is 0 Å². The first-order valence-electron chi connectivity index (χ1n) is 10.7. The van der Waals surface area contributed by atoms with Crippen molar-refractivity contribution >= 4 is 40.0 Å². The second-order valence-electron chi connectivity index (χ2n) is 8.78. The van der Waals surface area contributed by atoms with Crippen molar-refractivity contribution < 1.29 is 14.4 Å². The third-order valence-corrected chi connectivity index (χ3v) is 7.20. The number of fused-ring (bicyclic) bond motifs is 6. The highest BCUT2D eigenvalue weighted by molar-refractivity contribution is 6.22. The van der Waals surface area contributed by atoms with E-state index in [0.717, 1.165) is 30.2 Å². The van der Waals surface area contributed by atoms with E-state index in [1.807, 2.05) is 30.3 Å². The average Bonchev–Trinajstić information content (AvgIpc) is 3.48. The Bertz CT molecular complexity index is 1200. The minimum Gasteiger partial charge on any atom is -0.320 e. The molecular weight excluding hydrogens is 390 g/mol. The first kappa shape index (κ1) is 18.2. The SMILES string of the molecule is O=C(Nc1cccc2cccnc12)c1ccc(N2C(=O)[C@@H]3C4CCC(C4)[C@@H]3C2=O)cc1. The average molecular weight is 411 g/mol. The smallest absolute Gasteiger partial charge is 0.255 e. The molecule has 154 valence electrons. The van der Waals surface area contributed by atoms with Gasteiger partial charge in [0.1, 0.15) is 0 Å². The molecule has 31 heavy (non-hydrogen) atoms. The van der Waals surface area contributed by atoms with Crippen LogP contribution < -0.4 is 10.2 Å². The Hall–Kier alpha value is -3.54. The van der Waals surface area contributed by atoms with E-state index in [2.05, 4.69) is 10.3 Å².